The lowest BCUT2D eigenvalue weighted by Gasteiger charge is -2.13. The van der Waals surface area contributed by atoms with Crippen molar-refractivity contribution in [2.24, 2.45) is 0 Å². The van der Waals surface area contributed by atoms with Gasteiger partial charge in [0, 0.05) is 12.6 Å². The quantitative estimate of drug-likeness (QED) is 0.274. The monoisotopic (exact) mass is 451 g/mol. The third-order valence-corrected chi connectivity index (χ3v) is 7.02. The molecule has 0 saturated heterocycles. The first-order chi connectivity index (χ1) is 17.2. The zero-order chi connectivity index (χ0) is 23.8. The molecule has 0 saturated carbocycles. The summed E-state index contributed by atoms with van der Waals surface area (Å²) in [6, 6.07) is 32.4. The number of rotatable bonds is 3. The maximum Gasteiger partial charge on any atom is 0.0961 e. The Hall–Kier alpha value is -4.42. The van der Waals surface area contributed by atoms with E-state index in [1.54, 1.807) is 6.08 Å². The Kier molecular flexibility index (Phi) is 5.28. The van der Waals surface area contributed by atoms with Gasteiger partial charge in [-0.2, -0.15) is 5.26 Å². The molecule has 1 aliphatic rings. The van der Waals surface area contributed by atoms with Crippen LogP contribution in [0.25, 0.3) is 27.7 Å². The topological polar surface area (TPSA) is 41.6 Å². The first kappa shape index (κ1) is 21.1. The lowest BCUT2D eigenvalue weighted by molar-refractivity contribution is 0.821. The number of imidazole rings is 1. The Morgan fingerprint density at radius 2 is 1.63 bits per heavy atom. The summed E-state index contributed by atoms with van der Waals surface area (Å²) < 4.78 is 2.24. The van der Waals surface area contributed by atoms with Crippen LogP contribution in [0.3, 0.4) is 0 Å². The van der Waals surface area contributed by atoms with E-state index < -0.39 is 0 Å². The molecule has 0 unspecified atom stereocenters. The number of hydrogen-bond acceptors (Lipinski definition) is 2. The maximum atomic E-state index is 9.48. The third-order valence-electron chi connectivity index (χ3n) is 7.02. The number of nitriles is 1. The largest absolute Gasteiger partial charge is 0.326 e. The summed E-state index contributed by atoms with van der Waals surface area (Å²) in [7, 11) is 0. The highest BCUT2D eigenvalue weighted by atomic mass is 15.0. The summed E-state index contributed by atoms with van der Waals surface area (Å²) >= 11 is 0. The zero-order valence-electron chi connectivity index (χ0n) is 19.7. The second-order valence-corrected chi connectivity index (χ2v) is 9.24. The van der Waals surface area contributed by atoms with Crippen LogP contribution >= 0.6 is 0 Å². The molecule has 0 radical (unpaired) electrons. The summed E-state index contributed by atoms with van der Waals surface area (Å²) in [5.41, 5.74) is 13.0. The van der Waals surface area contributed by atoms with E-state index in [0.717, 1.165) is 41.6 Å². The average Bonchev–Trinajstić information content (AvgIpc) is 3.23. The van der Waals surface area contributed by atoms with E-state index in [1.807, 2.05) is 12.4 Å². The van der Waals surface area contributed by atoms with Gasteiger partial charge in [-0.1, -0.05) is 72.8 Å². The van der Waals surface area contributed by atoms with Gasteiger partial charge in [0.1, 0.15) is 0 Å². The van der Waals surface area contributed by atoms with Crippen molar-refractivity contribution in [1.82, 2.24) is 9.55 Å². The molecule has 0 N–H and O–H groups in total. The van der Waals surface area contributed by atoms with E-state index in [0.29, 0.717) is 0 Å². The molecule has 6 rings (SSSR count). The van der Waals surface area contributed by atoms with Crippen LogP contribution in [0.5, 0.6) is 0 Å². The van der Waals surface area contributed by atoms with Gasteiger partial charge in [0.15, 0.2) is 0 Å². The molecule has 0 amide bonds. The van der Waals surface area contributed by atoms with Crippen LogP contribution in [0.4, 0.5) is 0 Å². The Bertz CT molecular complexity index is 1630. The molecule has 3 heteroatoms. The fourth-order valence-electron chi connectivity index (χ4n) is 5.31. The van der Waals surface area contributed by atoms with E-state index in [9.17, 15) is 5.26 Å². The lowest BCUT2D eigenvalue weighted by Crippen LogP contribution is -2.01. The fraction of sp³-hybridized carbons (Fsp3) is 0.125. The Morgan fingerprint density at radius 1 is 0.857 bits per heavy atom. The van der Waals surface area contributed by atoms with Crippen LogP contribution < -0.4 is 0 Å². The molecule has 4 aromatic carbocycles. The first-order valence-corrected chi connectivity index (χ1v) is 12.0. The molecule has 3 nitrogen and oxygen atoms in total. The van der Waals surface area contributed by atoms with Gasteiger partial charge in [-0.3, -0.25) is 0 Å². The molecule has 0 spiro atoms. The number of aromatic nitrogens is 2. The molecule has 5 aromatic rings. The molecular formula is C32H25N3. The molecule has 1 aliphatic carbocycles. The van der Waals surface area contributed by atoms with E-state index >= 15 is 0 Å². The molecule has 0 fully saturated rings. The SMILES string of the molecule is Cc1cc(-c2ccccc2)cc2c1ncn2Cc1ccc2c(c1)CCc1ccccc1C2=CC#N. The van der Waals surface area contributed by atoms with Gasteiger partial charge in [0.2, 0.25) is 0 Å². The molecular weight excluding hydrogens is 426 g/mol. The molecule has 0 atom stereocenters. The minimum Gasteiger partial charge on any atom is -0.326 e. The molecule has 0 aliphatic heterocycles. The van der Waals surface area contributed by atoms with Crippen LogP contribution in [0, 0.1) is 18.3 Å². The number of allylic oxidation sites excluding steroid dienone is 1. The van der Waals surface area contributed by atoms with Crippen molar-refractivity contribution in [2.75, 3.05) is 0 Å². The maximum absolute atomic E-state index is 9.48. The lowest BCUT2D eigenvalue weighted by atomic mass is 9.93. The van der Waals surface area contributed by atoms with E-state index in [4.69, 9.17) is 4.98 Å². The zero-order valence-corrected chi connectivity index (χ0v) is 19.7. The van der Waals surface area contributed by atoms with Crippen molar-refractivity contribution in [3.05, 3.63) is 131 Å². The van der Waals surface area contributed by atoms with Gasteiger partial charge >= 0.3 is 0 Å². The predicted molar refractivity (Wildman–Crippen MR) is 142 cm³/mol. The highest BCUT2D eigenvalue weighted by Gasteiger charge is 2.18. The van der Waals surface area contributed by atoms with E-state index in [-0.39, 0.29) is 0 Å². The highest BCUT2D eigenvalue weighted by Crippen LogP contribution is 2.34. The van der Waals surface area contributed by atoms with Crippen LogP contribution in [-0.4, -0.2) is 9.55 Å². The number of hydrogen-bond donors (Lipinski definition) is 0. The average molecular weight is 452 g/mol. The Labute approximate surface area is 205 Å². The molecule has 0 bridgehead atoms. The molecule has 1 aromatic heterocycles. The van der Waals surface area contributed by atoms with Crippen LogP contribution in [-0.2, 0) is 19.4 Å². The van der Waals surface area contributed by atoms with Crippen molar-refractivity contribution in [1.29, 1.82) is 5.26 Å². The molecule has 35 heavy (non-hydrogen) atoms. The normalized spacial score (nSPS) is 13.8. The van der Waals surface area contributed by atoms with Gasteiger partial charge < -0.3 is 4.57 Å². The van der Waals surface area contributed by atoms with Gasteiger partial charge in [-0.15, -0.1) is 0 Å². The van der Waals surface area contributed by atoms with Crippen molar-refractivity contribution < 1.29 is 0 Å². The third kappa shape index (κ3) is 3.84. The van der Waals surface area contributed by atoms with E-state index in [2.05, 4.69) is 96.4 Å². The fourth-order valence-corrected chi connectivity index (χ4v) is 5.31. The van der Waals surface area contributed by atoms with Crippen molar-refractivity contribution >= 4 is 16.6 Å². The number of aryl methyl sites for hydroxylation is 3. The van der Waals surface area contributed by atoms with E-state index in [1.165, 1.54) is 38.9 Å². The molecule has 168 valence electrons. The van der Waals surface area contributed by atoms with Gasteiger partial charge in [-0.05, 0) is 82.0 Å². The summed E-state index contributed by atoms with van der Waals surface area (Å²) in [4.78, 5) is 4.73. The van der Waals surface area contributed by atoms with Crippen LogP contribution in [0.2, 0.25) is 0 Å². The Morgan fingerprint density at radius 3 is 2.49 bits per heavy atom. The predicted octanol–water partition coefficient (Wildman–Crippen LogP) is 7.11. The summed E-state index contributed by atoms with van der Waals surface area (Å²) in [5.74, 6) is 0. The highest BCUT2D eigenvalue weighted by molar-refractivity contribution is 5.86. The number of nitrogens with zero attached hydrogens (tertiary/aromatic N) is 3. The standard InChI is InChI=1S/C32H25N3/c1-22-17-27(24-7-3-2-4-8-24)19-31-32(22)34-21-35(31)20-23-11-14-29-26(18-23)13-12-25-9-5-6-10-28(25)30(29)15-16-33/h2-11,14-15,17-19,21H,12-13,20H2,1H3. The summed E-state index contributed by atoms with van der Waals surface area (Å²) in [6.07, 6.45) is 5.59. The number of benzene rings is 4. The first-order valence-electron chi connectivity index (χ1n) is 12.0. The minimum absolute atomic E-state index is 0.756. The second-order valence-electron chi connectivity index (χ2n) is 9.24. The Balaban J connectivity index is 1.39. The summed E-state index contributed by atoms with van der Waals surface area (Å²) in [5, 5.41) is 9.48. The minimum atomic E-state index is 0.756. The molecule has 1 heterocycles. The van der Waals surface area contributed by atoms with Crippen molar-refractivity contribution in [2.45, 2.75) is 26.3 Å². The van der Waals surface area contributed by atoms with Crippen LogP contribution in [0.1, 0.15) is 33.4 Å². The van der Waals surface area contributed by atoms with Crippen LogP contribution in [0.15, 0.2) is 97.3 Å². The van der Waals surface area contributed by atoms with Gasteiger partial charge in [0.25, 0.3) is 0 Å². The smallest absolute Gasteiger partial charge is 0.0961 e. The van der Waals surface area contributed by atoms with Gasteiger partial charge in [0.05, 0.1) is 23.4 Å². The number of fused-ring (bicyclic) bond motifs is 3. The van der Waals surface area contributed by atoms with Gasteiger partial charge in [-0.25, -0.2) is 4.98 Å². The second kappa shape index (κ2) is 8.74. The van der Waals surface area contributed by atoms with Crippen molar-refractivity contribution in [3.63, 3.8) is 0 Å². The van der Waals surface area contributed by atoms with Crippen molar-refractivity contribution in [3.8, 4) is 17.2 Å². The summed E-state index contributed by atoms with van der Waals surface area (Å²) in [6.45, 7) is 2.89.